The largest absolute Gasteiger partial charge is 0.355 e. The zero-order valence-electron chi connectivity index (χ0n) is 15.4. The van der Waals surface area contributed by atoms with E-state index in [4.69, 9.17) is 11.6 Å². The first-order chi connectivity index (χ1) is 13.7. The van der Waals surface area contributed by atoms with Crippen LogP contribution >= 0.6 is 11.6 Å². The van der Waals surface area contributed by atoms with Crippen molar-refractivity contribution in [2.45, 2.75) is 19.3 Å². The molecule has 4 rings (SSSR count). The zero-order valence-corrected chi connectivity index (χ0v) is 16.2. The normalized spacial score (nSPS) is 13.5. The van der Waals surface area contributed by atoms with E-state index >= 15 is 0 Å². The highest BCUT2D eigenvalue weighted by molar-refractivity contribution is 6.31. The number of hydrogen-bond acceptors (Lipinski definition) is 4. The third-order valence-corrected chi connectivity index (χ3v) is 5.20. The SMILES string of the molecule is O=C(Cc1ccccc1Cl)Nc1cccc(-c2ccc(N3CCCC3)nn2)c1. The predicted molar refractivity (Wildman–Crippen MR) is 113 cm³/mol. The van der Waals surface area contributed by atoms with Gasteiger partial charge in [0.25, 0.3) is 0 Å². The van der Waals surface area contributed by atoms with Crippen LogP contribution in [-0.4, -0.2) is 29.2 Å². The molecule has 0 aliphatic carbocycles. The molecule has 1 saturated heterocycles. The number of nitrogens with zero attached hydrogens (tertiary/aromatic N) is 3. The Balaban J connectivity index is 1.45. The van der Waals surface area contributed by atoms with E-state index in [1.165, 1.54) is 12.8 Å². The van der Waals surface area contributed by atoms with Crippen molar-refractivity contribution in [3.05, 3.63) is 71.2 Å². The van der Waals surface area contributed by atoms with Gasteiger partial charge in [-0.3, -0.25) is 4.79 Å². The summed E-state index contributed by atoms with van der Waals surface area (Å²) >= 11 is 6.14. The molecule has 0 unspecified atom stereocenters. The van der Waals surface area contributed by atoms with Gasteiger partial charge in [-0.2, -0.15) is 0 Å². The van der Waals surface area contributed by atoms with Crippen LogP contribution in [0.2, 0.25) is 5.02 Å². The van der Waals surface area contributed by atoms with Crippen LogP contribution in [0.1, 0.15) is 18.4 Å². The molecule has 0 atom stereocenters. The average Bonchev–Trinajstić information content (AvgIpc) is 3.25. The summed E-state index contributed by atoms with van der Waals surface area (Å²) in [5.74, 6) is 0.811. The molecule has 1 amide bonds. The number of nitrogens with one attached hydrogen (secondary N) is 1. The maximum Gasteiger partial charge on any atom is 0.228 e. The van der Waals surface area contributed by atoms with E-state index in [1.54, 1.807) is 6.07 Å². The van der Waals surface area contributed by atoms with Crippen molar-refractivity contribution in [3.8, 4) is 11.3 Å². The fraction of sp³-hybridized carbons (Fsp3) is 0.227. The van der Waals surface area contributed by atoms with Gasteiger partial charge < -0.3 is 10.2 Å². The molecular weight excluding hydrogens is 372 g/mol. The highest BCUT2D eigenvalue weighted by Crippen LogP contribution is 2.23. The highest BCUT2D eigenvalue weighted by Gasteiger charge is 2.14. The molecule has 0 radical (unpaired) electrons. The predicted octanol–water partition coefficient (Wildman–Crippen LogP) is 4.58. The van der Waals surface area contributed by atoms with Crippen LogP contribution in [0.15, 0.2) is 60.7 Å². The average molecular weight is 393 g/mol. The fourth-order valence-electron chi connectivity index (χ4n) is 3.37. The minimum Gasteiger partial charge on any atom is -0.355 e. The first kappa shape index (κ1) is 18.4. The summed E-state index contributed by atoms with van der Waals surface area (Å²) in [7, 11) is 0. The summed E-state index contributed by atoms with van der Waals surface area (Å²) in [5, 5.41) is 12.3. The minimum absolute atomic E-state index is 0.110. The number of carbonyl (C=O) groups is 1. The quantitative estimate of drug-likeness (QED) is 0.690. The Morgan fingerprint density at radius 3 is 2.57 bits per heavy atom. The molecule has 2 heterocycles. The Labute approximate surface area is 169 Å². The maximum absolute atomic E-state index is 12.4. The first-order valence-electron chi connectivity index (χ1n) is 9.41. The summed E-state index contributed by atoms with van der Waals surface area (Å²) in [4.78, 5) is 14.6. The molecule has 1 aromatic heterocycles. The van der Waals surface area contributed by atoms with Gasteiger partial charge in [-0.1, -0.05) is 41.9 Å². The first-order valence-corrected chi connectivity index (χ1v) is 9.79. The van der Waals surface area contributed by atoms with E-state index in [1.807, 2.05) is 54.6 Å². The monoisotopic (exact) mass is 392 g/mol. The maximum atomic E-state index is 12.4. The number of rotatable bonds is 5. The number of halogens is 1. The van der Waals surface area contributed by atoms with Crippen molar-refractivity contribution < 1.29 is 4.79 Å². The lowest BCUT2D eigenvalue weighted by molar-refractivity contribution is -0.115. The summed E-state index contributed by atoms with van der Waals surface area (Å²) in [6.07, 6.45) is 2.65. The summed E-state index contributed by atoms with van der Waals surface area (Å²) in [6.45, 7) is 2.09. The van der Waals surface area contributed by atoms with Gasteiger partial charge in [-0.05, 0) is 48.7 Å². The van der Waals surface area contributed by atoms with E-state index < -0.39 is 0 Å². The Morgan fingerprint density at radius 2 is 1.82 bits per heavy atom. The Bertz CT molecular complexity index is 968. The molecule has 28 heavy (non-hydrogen) atoms. The van der Waals surface area contributed by atoms with Gasteiger partial charge in [-0.25, -0.2) is 0 Å². The number of benzene rings is 2. The molecule has 1 N–H and O–H groups in total. The number of anilines is 2. The summed E-state index contributed by atoms with van der Waals surface area (Å²) in [5.41, 5.74) is 3.22. The van der Waals surface area contributed by atoms with Crippen LogP contribution in [0.4, 0.5) is 11.5 Å². The molecule has 0 bridgehead atoms. The van der Waals surface area contributed by atoms with Gasteiger partial charge in [-0.15, -0.1) is 10.2 Å². The molecule has 1 fully saturated rings. The van der Waals surface area contributed by atoms with Crippen molar-refractivity contribution in [1.82, 2.24) is 10.2 Å². The standard InChI is InChI=1S/C22H21ClN4O/c23-19-9-2-1-6-16(19)15-22(28)24-18-8-5-7-17(14-18)20-10-11-21(26-25-20)27-12-3-4-13-27/h1-2,5-11,14H,3-4,12-13,15H2,(H,24,28). The van der Waals surface area contributed by atoms with Gasteiger partial charge in [0.05, 0.1) is 12.1 Å². The van der Waals surface area contributed by atoms with Gasteiger partial charge in [0.15, 0.2) is 5.82 Å². The van der Waals surface area contributed by atoms with Crippen LogP contribution in [-0.2, 0) is 11.2 Å². The van der Waals surface area contributed by atoms with E-state index in [2.05, 4.69) is 20.4 Å². The van der Waals surface area contributed by atoms with Crippen LogP contribution in [0.3, 0.4) is 0 Å². The Morgan fingerprint density at radius 1 is 1.00 bits per heavy atom. The van der Waals surface area contributed by atoms with Crippen molar-refractivity contribution in [3.63, 3.8) is 0 Å². The molecule has 142 valence electrons. The smallest absolute Gasteiger partial charge is 0.228 e. The molecule has 5 nitrogen and oxygen atoms in total. The number of amides is 1. The lowest BCUT2D eigenvalue weighted by atomic mass is 10.1. The van der Waals surface area contributed by atoms with Crippen LogP contribution < -0.4 is 10.2 Å². The summed E-state index contributed by atoms with van der Waals surface area (Å²) in [6, 6.07) is 19.0. The Hall–Kier alpha value is -2.92. The van der Waals surface area contributed by atoms with E-state index in [0.717, 1.165) is 41.4 Å². The van der Waals surface area contributed by atoms with E-state index in [9.17, 15) is 4.79 Å². The van der Waals surface area contributed by atoms with Gasteiger partial charge in [0, 0.05) is 29.4 Å². The van der Waals surface area contributed by atoms with Gasteiger partial charge in [0.1, 0.15) is 0 Å². The van der Waals surface area contributed by atoms with E-state index in [0.29, 0.717) is 5.02 Å². The molecule has 0 saturated carbocycles. The molecule has 1 aliphatic heterocycles. The third kappa shape index (κ3) is 4.31. The van der Waals surface area contributed by atoms with Gasteiger partial charge in [0.2, 0.25) is 5.91 Å². The molecule has 6 heteroatoms. The highest BCUT2D eigenvalue weighted by atomic mass is 35.5. The van der Waals surface area contributed by atoms with Crippen LogP contribution in [0.5, 0.6) is 0 Å². The molecular formula is C22H21ClN4O. The zero-order chi connectivity index (χ0) is 19.3. The van der Waals surface area contributed by atoms with Crippen LogP contribution in [0, 0.1) is 0 Å². The van der Waals surface area contributed by atoms with Crippen molar-refractivity contribution in [2.75, 3.05) is 23.3 Å². The molecule has 0 spiro atoms. The number of carbonyl (C=O) groups excluding carboxylic acids is 1. The number of aromatic nitrogens is 2. The minimum atomic E-state index is -0.110. The lowest BCUT2D eigenvalue weighted by Crippen LogP contribution is -2.19. The van der Waals surface area contributed by atoms with Crippen LogP contribution in [0.25, 0.3) is 11.3 Å². The number of hydrogen-bond donors (Lipinski definition) is 1. The molecule has 1 aliphatic rings. The fourth-order valence-corrected chi connectivity index (χ4v) is 3.57. The molecule has 3 aromatic rings. The van der Waals surface area contributed by atoms with Crippen molar-refractivity contribution in [1.29, 1.82) is 0 Å². The van der Waals surface area contributed by atoms with Crippen molar-refractivity contribution >= 4 is 29.0 Å². The Kier molecular flexibility index (Phi) is 5.53. The van der Waals surface area contributed by atoms with Gasteiger partial charge >= 0.3 is 0 Å². The second-order valence-electron chi connectivity index (χ2n) is 6.87. The second kappa shape index (κ2) is 8.40. The third-order valence-electron chi connectivity index (χ3n) is 4.83. The van der Waals surface area contributed by atoms with Crippen molar-refractivity contribution in [2.24, 2.45) is 0 Å². The second-order valence-corrected chi connectivity index (χ2v) is 7.28. The molecule has 2 aromatic carbocycles. The summed E-state index contributed by atoms with van der Waals surface area (Å²) < 4.78 is 0. The topological polar surface area (TPSA) is 58.1 Å². The van der Waals surface area contributed by atoms with E-state index in [-0.39, 0.29) is 12.3 Å². The lowest BCUT2D eigenvalue weighted by Gasteiger charge is -2.15.